The van der Waals surface area contributed by atoms with Gasteiger partial charge in [-0.2, -0.15) is 0 Å². The topological polar surface area (TPSA) is 88.4 Å². The quantitative estimate of drug-likeness (QED) is 0.521. The fraction of sp³-hybridized carbons (Fsp3) is 1.00. The summed E-state index contributed by atoms with van der Waals surface area (Å²) in [5, 5.41) is 28.3. The molecule has 1 fully saturated rings. The summed E-state index contributed by atoms with van der Waals surface area (Å²) in [5.41, 5.74) is 0. The van der Waals surface area contributed by atoms with Gasteiger partial charge in [0.1, 0.15) is 18.3 Å². The third-order valence-corrected chi connectivity index (χ3v) is 2.40. The number of ether oxygens (including phenoxy) is 3. The van der Waals surface area contributed by atoms with Crippen molar-refractivity contribution in [2.24, 2.45) is 0 Å². The van der Waals surface area contributed by atoms with Gasteiger partial charge in [0.25, 0.3) is 0 Å². The zero-order valence-corrected chi connectivity index (χ0v) is 9.03. The number of methoxy groups -OCH3 is 1. The van der Waals surface area contributed by atoms with Crippen molar-refractivity contribution in [3.05, 3.63) is 0 Å². The zero-order valence-electron chi connectivity index (χ0n) is 9.03. The van der Waals surface area contributed by atoms with Gasteiger partial charge in [-0.3, -0.25) is 0 Å². The third-order valence-electron chi connectivity index (χ3n) is 2.40. The molecule has 0 bridgehead atoms. The molecule has 0 aromatic heterocycles. The lowest BCUT2D eigenvalue weighted by Gasteiger charge is -2.41. The van der Waals surface area contributed by atoms with Gasteiger partial charge in [0, 0.05) is 7.11 Å². The average molecular weight is 222 g/mol. The van der Waals surface area contributed by atoms with E-state index in [9.17, 15) is 10.2 Å². The highest BCUT2D eigenvalue weighted by molar-refractivity contribution is 4.88. The maximum absolute atomic E-state index is 9.82. The Morgan fingerprint density at radius 2 is 1.87 bits per heavy atom. The first-order valence-corrected chi connectivity index (χ1v) is 4.85. The van der Waals surface area contributed by atoms with E-state index in [2.05, 4.69) is 0 Å². The molecule has 0 saturated carbocycles. The summed E-state index contributed by atoms with van der Waals surface area (Å²) < 4.78 is 15.1. The van der Waals surface area contributed by atoms with Crippen molar-refractivity contribution < 1.29 is 29.5 Å². The first kappa shape index (κ1) is 12.8. The van der Waals surface area contributed by atoms with Crippen LogP contribution in [0.4, 0.5) is 0 Å². The fourth-order valence-corrected chi connectivity index (χ4v) is 1.68. The van der Waals surface area contributed by atoms with E-state index in [1.54, 1.807) is 6.92 Å². The maximum Gasteiger partial charge on any atom is 0.184 e. The highest BCUT2D eigenvalue weighted by Crippen LogP contribution is 2.24. The lowest BCUT2D eigenvalue weighted by molar-refractivity contribution is -0.307. The molecule has 6 atom stereocenters. The summed E-state index contributed by atoms with van der Waals surface area (Å²) in [6.45, 7) is 3.08. The summed E-state index contributed by atoms with van der Waals surface area (Å²) in [4.78, 5) is 0. The van der Waals surface area contributed by atoms with Gasteiger partial charge >= 0.3 is 0 Å². The minimum Gasteiger partial charge on any atom is -0.387 e. The van der Waals surface area contributed by atoms with Crippen LogP contribution in [0.1, 0.15) is 13.8 Å². The Labute approximate surface area is 88.4 Å². The largest absolute Gasteiger partial charge is 0.387 e. The molecule has 6 nitrogen and oxygen atoms in total. The SMILES string of the molecule is CO[C@H]1[C@H](O)[C@H](O[C@H](C)O)[C@H](C)O[C@H]1O. The molecule has 1 saturated heterocycles. The minimum atomic E-state index is -1.19. The minimum absolute atomic E-state index is 0.518. The lowest BCUT2D eigenvalue weighted by Crippen LogP contribution is -2.58. The molecule has 0 aliphatic carbocycles. The van der Waals surface area contributed by atoms with Gasteiger partial charge in [0.05, 0.1) is 6.10 Å². The van der Waals surface area contributed by atoms with E-state index >= 15 is 0 Å². The van der Waals surface area contributed by atoms with Gasteiger partial charge in [-0.25, -0.2) is 0 Å². The van der Waals surface area contributed by atoms with Gasteiger partial charge in [0.2, 0.25) is 0 Å². The van der Waals surface area contributed by atoms with Crippen LogP contribution in [-0.4, -0.2) is 59.4 Å². The Balaban J connectivity index is 2.69. The van der Waals surface area contributed by atoms with Crippen molar-refractivity contribution in [1.29, 1.82) is 0 Å². The van der Waals surface area contributed by atoms with Crippen LogP contribution in [-0.2, 0) is 14.2 Å². The van der Waals surface area contributed by atoms with Crippen LogP contribution in [0.3, 0.4) is 0 Å². The summed E-state index contributed by atoms with van der Waals surface area (Å²) in [7, 11) is 1.36. The van der Waals surface area contributed by atoms with E-state index in [0.29, 0.717) is 0 Å². The molecule has 1 heterocycles. The van der Waals surface area contributed by atoms with Crippen molar-refractivity contribution in [3.63, 3.8) is 0 Å². The summed E-state index contributed by atoms with van der Waals surface area (Å²) in [5.74, 6) is 0. The van der Waals surface area contributed by atoms with E-state index in [0.717, 1.165) is 0 Å². The van der Waals surface area contributed by atoms with Crippen LogP contribution in [0.15, 0.2) is 0 Å². The predicted molar refractivity (Wildman–Crippen MR) is 49.9 cm³/mol. The summed E-state index contributed by atoms with van der Waals surface area (Å²) in [6.07, 6.45) is -5.35. The molecule has 0 spiro atoms. The smallest absolute Gasteiger partial charge is 0.184 e. The number of aliphatic hydroxyl groups excluding tert-OH is 3. The van der Waals surface area contributed by atoms with E-state index in [4.69, 9.17) is 19.3 Å². The lowest BCUT2D eigenvalue weighted by atomic mass is 9.99. The Bertz CT molecular complexity index is 197. The highest BCUT2D eigenvalue weighted by Gasteiger charge is 2.44. The zero-order chi connectivity index (χ0) is 11.6. The van der Waals surface area contributed by atoms with Crippen molar-refractivity contribution in [1.82, 2.24) is 0 Å². The van der Waals surface area contributed by atoms with Gasteiger partial charge in [-0.1, -0.05) is 0 Å². The molecule has 0 aromatic carbocycles. The Morgan fingerprint density at radius 3 is 2.33 bits per heavy atom. The summed E-state index contributed by atoms with van der Waals surface area (Å²) in [6, 6.07) is 0. The number of hydrogen-bond acceptors (Lipinski definition) is 6. The number of rotatable bonds is 3. The van der Waals surface area contributed by atoms with Crippen LogP contribution < -0.4 is 0 Å². The third kappa shape index (κ3) is 2.87. The van der Waals surface area contributed by atoms with E-state index in [1.807, 2.05) is 0 Å². The van der Waals surface area contributed by atoms with Crippen molar-refractivity contribution in [3.8, 4) is 0 Å². The Morgan fingerprint density at radius 1 is 1.27 bits per heavy atom. The summed E-state index contributed by atoms with van der Waals surface area (Å²) >= 11 is 0. The molecule has 3 N–H and O–H groups in total. The average Bonchev–Trinajstić information content (AvgIpc) is 2.12. The predicted octanol–water partition coefficient (Wildman–Crippen LogP) is -1.18. The molecule has 6 heteroatoms. The second kappa shape index (κ2) is 5.20. The van der Waals surface area contributed by atoms with Crippen molar-refractivity contribution in [2.45, 2.75) is 50.8 Å². The first-order chi connectivity index (χ1) is 6.97. The number of hydrogen-bond donors (Lipinski definition) is 3. The van der Waals surface area contributed by atoms with Crippen LogP contribution >= 0.6 is 0 Å². The molecule has 0 unspecified atom stereocenters. The molecule has 15 heavy (non-hydrogen) atoms. The fourth-order valence-electron chi connectivity index (χ4n) is 1.68. The van der Waals surface area contributed by atoms with E-state index in [1.165, 1.54) is 14.0 Å². The molecule has 1 aliphatic heterocycles. The van der Waals surface area contributed by atoms with E-state index < -0.39 is 37.0 Å². The molecule has 1 rings (SSSR count). The Hall–Kier alpha value is -0.240. The van der Waals surface area contributed by atoms with Gasteiger partial charge < -0.3 is 29.5 Å². The Kier molecular flexibility index (Phi) is 4.45. The van der Waals surface area contributed by atoms with Crippen LogP contribution in [0, 0.1) is 0 Å². The van der Waals surface area contributed by atoms with E-state index in [-0.39, 0.29) is 0 Å². The second-order valence-corrected chi connectivity index (χ2v) is 3.62. The van der Waals surface area contributed by atoms with Crippen LogP contribution in [0.25, 0.3) is 0 Å². The first-order valence-electron chi connectivity index (χ1n) is 4.85. The highest BCUT2D eigenvalue weighted by atomic mass is 16.7. The van der Waals surface area contributed by atoms with Gasteiger partial charge in [-0.15, -0.1) is 0 Å². The standard InChI is InChI=1S/C9H18O6/c1-4-7(15-5(2)10)6(11)8(13-3)9(12)14-4/h4-12H,1-3H3/t4-,5+,6+,7+,8-,9+/m0/s1. The molecular formula is C9H18O6. The maximum atomic E-state index is 9.82. The molecule has 0 radical (unpaired) electrons. The molecule has 0 amide bonds. The van der Waals surface area contributed by atoms with Crippen molar-refractivity contribution in [2.75, 3.05) is 7.11 Å². The van der Waals surface area contributed by atoms with Crippen LogP contribution in [0.5, 0.6) is 0 Å². The number of aliphatic hydroxyl groups is 3. The second-order valence-electron chi connectivity index (χ2n) is 3.62. The van der Waals surface area contributed by atoms with Gasteiger partial charge in [0.15, 0.2) is 12.6 Å². The van der Waals surface area contributed by atoms with Crippen LogP contribution in [0.2, 0.25) is 0 Å². The molecule has 0 aromatic rings. The van der Waals surface area contributed by atoms with Gasteiger partial charge in [-0.05, 0) is 13.8 Å². The molecule has 90 valence electrons. The normalized spacial score (nSPS) is 44.0. The van der Waals surface area contributed by atoms with Crippen molar-refractivity contribution >= 4 is 0 Å². The monoisotopic (exact) mass is 222 g/mol. The molecule has 1 aliphatic rings. The molecular weight excluding hydrogens is 204 g/mol.